The number of nitrogens with zero attached hydrogens (tertiary/aromatic N) is 2. The quantitative estimate of drug-likeness (QED) is 0.820. The molecule has 1 amide bonds. The fourth-order valence-corrected chi connectivity index (χ4v) is 2.67. The minimum Gasteiger partial charge on any atom is -0.396 e. The van der Waals surface area contributed by atoms with Crippen molar-refractivity contribution in [1.29, 1.82) is 0 Å². The number of rotatable bonds is 7. The molecule has 6 nitrogen and oxygen atoms in total. The second-order valence-electron chi connectivity index (χ2n) is 5.64. The monoisotopic (exact) mass is 305 g/mol. The highest BCUT2D eigenvalue weighted by Gasteiger charge is 2.18. The lowest BCUT2D eigenvalue weighted by atomic mass is 10.00. The van der Waals surface area contributed by atoms with Gasteiger partial charge in [-0.05, 0) is 38.7 Å². The number of fused-ring (bicyclic) bond motifs is 1. The van der Waals surface area contributed by atoms with Gasteiger partial charge in [0.25, 0.3) is 11.6 Å². The van der Waals surface area contributed by atoms with Crippen LogP contribution in [-0.2, 0) is 0 Å². The zero-order chi connectivity index (χ0) is 16.1. The summed E-state index contributed by atoms with van der Waals surface area (Å²) in [4.78, 5) is 16.8. The van der Waals surface area contributed by atoms with Crippen LogP contribution in [-0.4, -0.2) is 34.3 Å². The molecule has 1 atom stereocenters. The minimum atomic E-state index is -0.152. The third kappa shape index (κ3) is 3.62. The second-order valence-corrected chi connectivity index (χ2v) is 5.64. The van der Waals surface area contributed by atoms with Crippen LogP contribution in [0.15, 0.2) is 10.6 Å². The van der Waals surface area contributed by atoms with E-state index in [1.807, 2.05) is 6.92 Å². The summed E-state index contributed by atoms with van der Waals surface area (Å²) >= 11 is 0. The molecule has 6 heteroatoms. The zero-order valence-electron chi connectivity index (χ0n) is 13.3. The molecule has 0 aliphatic heterocycles. The van der Waals surface area contributed by atoms with Crippen LogP contribution < -0.4 is 5.32 Å². The van der Waals surface area contributed by atoms with E-state index in [9.17, 15) is 4.79 Å². The predicted molar refractivity (Wildman–Crippen MR) is 83.7 cm³/mol. The fourth-order valence-electron chi connectivity index (χ4n) is 2.67. The predicted octanol–water partition coefficient (Wildman–Crippen LogP) is 2.37. The average molecular weight is 305 g/mol. The standard InChI is InChI=1S/C16H23N3O3/c1-4-5-12(6-7-20)9-17-15(21)13-8-10(2)18-16-14(13)11(3)19-22-16/h8,12,20H,4-7,9H2,1-3H3,(H,17,21). The van der Waals surface area contributed by atoms with E-state index in [4.69, 9.17) is 9.63 Å². The molecule has 0 radical (unpaired) electrons. The Morgan fingerprint density at radius 1 is 1.41 bits per heavy atom. The second kappa shape index (κ2) is 7.35. The number of aryl methyl sites for hydroxylation is 2. The van der Waals surface area contributed by atoms with Gasteiger partial charge in [-0.1, -0.05) is 18.5 Å². The van der Waals surface area contributed by atoms with Gasteiger partial charge in [0, 0.05) is 18.8 Å². The van der Waals surface area contributed by atoms with Crippen molar-refractivity contribution in [3.05, 3.63) is 23.0 Å². The summed E-state index contributed by atoms with van der Waals surface area (Å²) in [6.45, 7) is 6.41. The molecule has 0 aliphatic rings. The molecule has 0 saturated carbocycles. The average Bonchev–Trinajstić information content (AvgIpc) is 2.85. The summed E-state index contributed by atoms with van der Waals surface area (Å²) in [5.74, 6) is 0.141. The molecule has 0 saturated heterocycles. The number of aromatic nitrogens is 2. The maximum Gasteiger partial charge on any atom is 0.258 e. The molecule has 0 fully saturated rings. The Hall–Kier alpha value is -1.95. The van der Waals surface area contributed by atoms with E-state index in [1.165, 1.54) is 0 Å². The van der Waals surface area contributed by atoms with E-state index in [0.29, 0.717) is 46.9 Å². The van der Waals surface area contributed by atoms with E-state index in [0.717, 1.165) is 12.8 Å². The van der Waals surface area contributed by atoms with Crippen LogP contribution in [0.4, 0.5) is 0 Å². The number of carbonyl (C=O) groups excluding carboxylic acids is 1. The number of hydrogen-bond donors (Lipinski definition) is 2. The van der Waals surface area contributed by atoms with Crippen molar-refractivity contribution in [3.8, 4) is 0 Å². The molecule has 2 aromatic heterocycles. The largest absolute Gasteiger partial charge is 0.396 e. The molecule has 0 bridgehead atoms. The van der Waals surface area contributed by atoms with Gasteiger partial charge in [0.1, 0.15) is 0 Å². The van der Waals surface area contributed by atoms with Crippen LogP contribution in [0.2, 0.25) is 0 Å². The van der Waals surface area contributed by atoms with E-state index >= 15 is 0 Å². The third-order valence-electron chi connectivity index (χ3n) is 3.78. The normalized spacial score (nSPS) is 12.5. The van der Waals surface area contributed by atoms with Crippen molar-refractivity contribution in [2.75, 3.05) is 13.2 Å². The Bertz CT molecular complexity index is 645. The number of amides is 1. The summed E-state index contributed by atoms with van der Waals surface area (Å²) < 4.78 is 5.15. The summed E-state index contributed by atoms with van der Waals surface area (Å²) in [6.07, 6.45) is 2.72. The summed E-state index contributed by atoms with van der Waals surface area (Å²) in [7, 11) is 0. The maximum absolute atomic E-state index is 12.5. The number of aliphatic hydroxyl groups excluding tert-OH is 1. The molecular weight excluding hydrogens is 282 g/mol. The maximum atomic E-state index is 12.5. The van der Waals surface area contributed by atoms with Gasteiger partial charge in [-0.3, -0.25) is 4.79 Å². The Labute approximate surface area is 129 Å². The van der Waals surface area contributed by atoms with Crippen LogP contribution >= 0.6 is 0 Å². The summed E-state index contributed by atoms with van der Waals surface area (Å²) in [6, 6.07) is 1.75. The molecular formula is C16H23N3O3. The molecule has 2 heterocycles. The lowest BCUT2D eigenvalue weighted by Crippen LogP contribution is -2.30. The summed E-state index contributed by atoms with van der Waals surface area (Å²) in [5, 5.41) is 16.6. The van der Waals surface area contributed by atoms with E-state index in [2.05, 4.69) is 22.4 Å². The van der Waals surface area contributed by atoms with Crippen molar-refractivity contribution in [3.63, 3.8) is 0 Å². The molecule has 120 valence electrons. The number of carbonyl (C=O) groups is 1. The van der Waals surface area contributed by atoms with Gasteiger partial charge in [-0.2, -0.15) is 0 Å². The molecule has 2 rings (SSSR count). The van der Waals surface area contributed by atoms with Gasteiger partial charge in [0.15, 0.2) is 0 Å². The number of nitrogens with one attached hydrogen (secondary N) is 1. The fraction of sp³-hybridized carbons (Fsp3) is 0.562. The highest BCUT2D eigenvalue weighted by atomic mass is 16.5. The Kier molecular flexibility index (Phi) is 5.49. The highest BCUT2D eigenvalue weighted by Crippen LogP contribution is 2.22. The molecule has 1 unspecified atom stereocenters. The molecule has 0 spiro atoms. The van der Waals surface area contributed by atoms with E-state index in [-0.39, 0.29) is 12.5 Å². The van der Waals surface area contributed by atoms with Crippen LogP contribution in [0.3, 0.4) is 0 Å². The molecule has 2 N–H and O–H groups in total. The van der Waals surface area contributed by atoms with Gasteiger partial charge in [0.05, 0.1) is 16.6 Å². The Morgan fingerprint density at radius 2 is 2.18 bits per heavy atom. The van der Waals surface area contributed by atoms with Gasteiger partial charge < -0.3 is 14.9 Å². The Morgan fingerprint density at radius 3 is 2.86 bits per heavy atom. The lowest BCUT2D eigenvalue weighted by molar-refractivity contribution is 0.0944. The lowest BCUT2D eigenvalue weighted by Gasteiger charge is -2.16. The Balaban J connectivity index is 2.17. The topological polar surface area (TPSA) is 88.2 Å². The van der Waals surface area contributed by atoms with Crippen molar-refractivity contribution in [2.45, 2.75) is 40.0 Å². The number of hydrogen-bond acceptors (Lipinski definition) is 5. The summed E-state index contributed by atoms with van der Waals surface area (Å²) in [5.41, 5.74) is 2.31. The molecule has 0 aromatic carbocycles. The number of aliphatic hydroxyl groups is 1. The SMILES string of the molecule is CCCC(CCO)CNC(=O)c1cc(C)nc2onc(C)c12. The van der Waals surface area contributed by atoms with Gasteiger partial charge >= 0.3 is 0 Å². The van der Waals surface area contributed by atoms with E-state index in [1.54, 1.807) is 13.0 Å². The zero-order valence-corrected chi connectivity index (χ0v) is 13.3. The van der Waals surface area contributed by atoms with Crippen LogP contribution in [0.5, 0.6) is 0 Å². The first-order valence-corrected chi connectivity index (χ1v) is 7.69. The van der Waals surface area contributed by atoms with Gasteiger partial charge in [-0.15, -0.1) is 0 Å². The van der Waals surface area contributed by atoms with E-state index < -0.39 is 0 Å². The molecule has 22 heavy (non-hydrogen) atoms. The van der Waals surface area contributed by atoms with Crippen molar-refractivity contribution < 1.29 is 14.4 Å². The highest BCUT2D eigenvalue weighted by molar-refractivity contribution is 6.06. The minimum absolute atomic E-state index is 0.143. The van der Waals surface area contributed by atoms with Gasteiger partial charge in [0.2, 0.25) is 0 Å². The van der Waals surface area contributed by atoms with Crippen LogP contribution in [0.25, 0.3) is 11.1 Å². The van der Waals surface area contributed by atoms with Crippen LogP contribution in [0, 0.1) is 19.8 Å². The third-order valence-corrected chi connectivity index (χ3v) is 3.78. The first-order chi connectivity index (χ1) is 10.6. The van der Waals surface area contributed by atoms with Gasteiger partial charge in [-0.25, -0.2) is 4.98 Å². The first kappa shape index (κ1) is 16.4. The van der Waals surface area contributed by atoms with Crippen molar-refractivity contribution in [2.24, 2.45) is 5.92 Å². The smallest absolute Gasteiger partial charge is 0.258 e. The molecule has 2 aromatic rings. The number of pyridine rings is 1. The van der Waals surface area contributed by atoms with Crippen LogP contribution in [0.1, 0.15) is 47.9 Å². The molecule has 0 aliphatic carbocycles. The first-order valence-electron chi connectivity index (χ1n) is 7.69. The van der Waals surface area contributed by atoms with Crippen molar-refractivity contribution >= 4 is 17.0 Å². The van der Waals surface area contributed by atoms with Crippen molar-refractivity contribution in [1.82, 2.24) is 15.5 Å².